The van der Waals surface area contributed by atoms with Crippen LogP contribution in [0, 0.1) is 5.82 Å². The Bertz CT molecular complexity index is 727. The van der Waals surface area contributed by atoms with Crippen molar-refractivity contribution in [2.24, 2.45) is 0 Å². The summed E-state index contributed by atoms with van der Waals surface area (Å²) in [6.07, 6.45) is 5.40. The van der Waals surface area contributed by atoms with Gasteiger partial charge in [-0.2, -0.15) is 0 Å². The molecule has 3 rings (SSSR count). The molecule has 1 aromatic rings. The zero-order valence-corrected chi connectivity index (χ0v) is 17.8. The first kappa shape index (κ1) is 21.8. The third-order valence-electron chi connectivity index (χ3n) is 5.83. The third kappa shape index (κ3) is 5.82. The first-order chi connectivity index (χ1) is 14.0. The molecule has 2 aliphatic heterocycles. The lowest BCUT2D eigenvalue weighted by Crippen LogP contribution is -2.53. The van der Waals surface area contributed by atoms with Gasteiger partial charge in [-0.15, -0.1) is 0 Å². The van der Waals surface area contributed by atoms with Crippen LogP contribution in [0.25, 0.3) is 0 Å². The van der Waals surface area contributed by atoms with E-state index in [0.29, 0.717) is 19.6 Å². The number of benzene rings is 1. The number of carbonyl (C=O) groups is 2. The molecule has 1 atom stereocenters. The zero-order valence-electron chi connectivity index (χ0n) is 17.0. The molecule has 0 radical (unpaired) electrons. The van der Waals surface area contributed by atoms with Crippen LogP contribution in [0.3, 0.4) is 0 Å². The van der Waals surface area contributed by atoms with Crippen LogP contribution in [0.2, 0.25) is 5.02 Å². The van der Waals surface area contributed by atoms with Gasteiger partial charge in [-0.25, -0.2) is 9.18 Å². The van der Waals surface area contributed by atoms with Crippen molar-refractivity contribution in [1.29, 1.82) is 0 Å². The number of hydrogen-bond donors (Lipinski definition) is 1. The maximum atomic E-state index is 14.1. The second-order valence-corrected chi connectivity index (χ2v) is 8.30. The minimum absolute atomic E-state index is 0.0130. The maximum Gasteiger partial charge on any atom is 0.321 e. The fourth-order valence-electron chi connectivity index (χ4n) is 4.22. The van der Waals surface area contributed by atoms with Crippen molar-refractivity contribution in [1.82, 2.24) is 14.7 Å². The van der Waals surface area contributed by atoms with Crippen molar-refractivity contribution in [3.05, 3.63) is 29.0 Å². The van der Waals surface area contributed by atoms with Gasteiger partial charge < -0.3 is 20.0 Å². The predicted octanol–water partition coefficient (Wildman–Crippen LogP) is 3.81. The molecular formula is C21H30ClFN4O2. The van der Waals surface area contributed by atoms with Gasteiger partial charge in [0.25, 0.3) is 0 Å². The SMILES string of the molecule is CC(=O)N(CCN1CCCCC1)C1CCCN(C(=O)Nc2cccc(Cl)c2F)C1. The van der Waals surface area contributed by atoms with E-state index in [1.165, 1.54) is 31.4 Å². The van der Waals surface area contributed by atoms with Crippen molar-refractivity contribution in [3.63, 3.8) is 0 Å². The third-order valence-corrected chi connectivity index (χ3v) is 6.12. The van der Waals surface area contributed by atoms with E-state index < -0.39 is 5.82 Å². The quantitative estimate of drug-likeness (QED) is 0.781. The summed E-state index contributed by atoms with van der Waals surface area (Å²) in [5.74, 6) is -0.599. The van der Waals surface area contributed by atoms with E-state index in [1.807, 2.05) is 4.90 Å². The van der Waals surface area contributed by atoms with Crippen LogP contribution in [0.1, 0.15) is 39.0 Å². The topological polar surface area (TPSA) is 55.9 Å². The maximum absolute atomic E-state index is 14.1. The number of rotatable bonds is 5. The van der Waals surface area contributed by atoms with Gasteiger partial charge in [0.1, 0.15) is 0 Å². The molecule has 8 heteroatoms. The Labute approximate surface area is 177 Å². The summed E-state index contributed by atoms with van der Waals surface area (Å²) in [5.41, 5.74) is 0.0677. The monoisotopic (exact) mass is 424 g/mol. The lowest BCUT2D eigenvalue weighted by Gasteiger charge is -2.40. The molecule has 1 unspecified atom stereocenters. The van der Waals surface area contributed by atoms with Crippen LogP contribution in [-0.4, -0.2) is 71.9 Å². The number of nitrogens with zero attached hydrogens (tertiary/aromatic N) is 3. The number of anilines is 1. The van der Waals surface area contributed by atoms with E-state index in [-0.39, 0.29) is 28.7 Å². The number of halogens is 2. The van der Waals surface area contributed by atoms with Crippen LogP contribution in [-0.2, 0) is 4.79 Å². The molecule has 2 fully saturated rings. The van der Waals surface area contributed by atoms with Gasteiger partial charge in [0.05, 0.1) is 10.7 Å². The smallest absolute Gasteiger partial charge is 0.321 e. The van der Waals surface area contributed by atoms with E-state index in [4.69, 9.17) is 11.6 Å². The van der Waals surface area contributed by atoms with Crippen LogP contribution >= 0.6 is 11.6 Å². The molecule has 1 aromatic carbocycles. The average Bonchev–Trinajstić information content (AvgIpc) is 2.72. The van der Waals surface area contributed by atoms with E-state index >= 15 is 0 Å². The van der Waals surface area contributed by atoms with E-state index in [9.17, 15) is 14.0 Å². The van der Waals surface area contributed by atoms with Crippen molar-refractivity contribution < 1.29 is 14.0 Å². The first-order valence-electron chi connectivity index (χ1n) is 10.4. The Balaban J connectivity index is 1.59. The molecule has 0 aromatic heterocycles. The molecule has 6 nitrogen and oxygen atoms in total. The number of carbonyl (C=O) groups excluding carboxylic acids is 2. The summed E-state index contributed by atoms with van der Waals surface area (Å²) in [6.45, 7) is 6.37. The van der Waals surface area contributed by atoms with Crippen LogP contribution < -0.4 is 5.32 Å². The number of amides is 3. The Morgan fingerprint density at radius 3 is 2.69 bits per heavy atom. The van der Waals surface area contributed by atoms with Crippen molar-refractivity contribution in [3.8, 4) is 0 Å². The molecular weight excluding hydrogens is 395 g/mol. The number of piperidine rings is 2. The van der Waals surface area contributed by atoms with E-state index in [2.05, 4.69) is 10.2 Å². The lowest BCUT2D eigenvalue weighted by molar-refractivity contribution is -0.132. The highest BCUT2D eigenvalue weighted by Crippen LogP contribution is 2.23. The van der Waals surface area contributed by atoms with Crippen LogP contribution in [0.4, 0.5) is 14.9 Å². The minimum atomic E-state index is -0.636. The second-order valence-electron chi connectivity index (χ2n) is 7.89. The number of likely N-dealkylation sites (tertiary alicyclic amines) is 2. The van der Waals surface area contributed by atoms with Gasteiger partial charge >= 0.3 is 6.03 Å². The van der Waals surface area contributed by atoms with Gasteiger partial charge in [-0.1, -0.05) is 24.1 Å². The molecule has 160 valence electrons. The Hall–Kier alpha value is -1.86. The summed E-state index contributed by atoms with van der Waals surface area (Å²) >= 11 is 5.79. The molecule has 2 aliphatic rings. The summed E-state index contributed by atoms with van der Waals surface area (Å²) in [5, 5.41) is 2.58. The Morgan fingerprint density at radius 1 is 1.21 bits per heavy atom. The average molecular weight is 425 g/mol. The fourth-order valence-corrected chi connectivity index (χ4v) is 4.39. The summed E-state index contributed by atoms with van der Waals surface area (Å²) < 4.78 is 14.1. The van der Waals surface area contributed by atoms with Crippen molar-refractivity contribution in [2.45, 2.75) is 45.1 Å². The molecule has 0 saturated carbocycles. The van der Waals surface area contributed by atoms with Crippen LogP contribution in [0.5, 0.6) is 0 Å². The summed E-state index contributed by atoms with van der Waals surface area (Å²) in [6, 6.07) is 4.15. The van der Waals surface area contributed by atoms with Gasteiger partial charge in [-0.3, -0.25) is 4.79 Å². The molecule has 0 aliphatic carbocycles. The normalized spacial score (nSPS) is 20.4. The summed E-state index contributed by atoms with van der Waals surface area (Å²) in [4.78, 5) is 30.9. The second kappa shape index (κ2) is 10.3. The highest BCUT2D eigenvalue weighted by molar-refractivity contribution is 6.31. The van der Waals surface area contributed by atoms with Crippen molar-refractivity contribution in [2.75, 3.05) is 44.6 Å². The molecule has 2 heterocycles. The van der Waals surface area contributed by atoms with Gasteiger partial charge in [0.15, 0.2) is 5.82 Å². The van der Waals surface area contributed by atoms with E-state index in [0.717, 1.165) is 32.5 Å². The van der Waals surface area contributed by atoms with Crippen molar-refractivity contribution >= 4 is 29.2 Å². The Kier molecular flexibility index (Phi) is 7.72. The first-order valence-corrected chi connectivity index (χ1v) is 10.8. The molecule has 1 N–H and O–H groups in total. The standard InChI is InChI=1S/C21H30ClFN4O2/c1-16(28)27(14-13-25-10-3-2-4-11-25)17-7-6-12-26(15-17)21(29)24-19-9-5-8-18(22)20(19)23/h5,8-9,17H,2-4,6-7,10-15H2,1H3,(H,24,29). The Morgan fingerprint density at radius 2 is 1.97 bits per heavy atom. The molecule has 2 saturated heterocycles. The molecule has 29 heavy (non-hydrogen) atoms. The molecule has 0 bridgehead atoms. The minimum Gasteiger partial charge on any atom is -0.337 e. The summed E-state index contributed by atoms with van der Waals surface area (Å²) in [7, 11) is 0. The number of hydrogen-bond acceptors (Lipinski definition) is 3. The number of urea groups is 1. The van der Waals surface area contributed by atoms with Gasteiger partial charge in [0.2, 0.25) is 5.91 Å². The predicted molar refractivity (Wildman–Crippen MR) is 113 cm³/mol. The fraction of sp³-hybridized carbons (Fsp3) is 0.619. The van der Waals surface area contributed by atoms with Crippen LogP contribution in [0.15, 0.2) is 18.2 Å². The van der Waals surface area contributed by atoms with Gasteiger partial charge in [-0.05, 0) is 50.9 Å². The molecule has 0 spiro atoms. The lowest BCUT2D eigenvalue weighted by atomic mass is 10.0. The molecule has 3 amide bonds. The zero-order chi connectivity index (χ0) is 20.8. The highest BCUT2D eigenvalue weighted by atomic mass is 35.5. The number of nitrogens with one attached hydrogen (secondary N) is 1. The highest BCUT2D eigenvalue weighted by Gasteiger charge is 2.30. The largest absolute Gasteiger partial charge is 0.337 e. The van der Waals surface area contributed by atoms with Gasteiger partial charge in [0, 0.05) is 39.1 Å². The van der Waals surface area contributed by atoms with E-state index in [1.54, 1.807) is 17.9 Å².